The molecule has 2 atom stereocenters. The molecule has 0 aromatic carbocycles. The van der Waals surface area contributed by atoms with Crippen LogP contribution in [0.3, 0.4) is 0 Å². The largest absolute Gasteiger partial charge is 0.375 e. The molecule has 3 rings (SSSR count). The molecule has 6 nitrogen and oxygen atoms in total. The van der Waals surface area contributed by atoms with E-state index in [0.717, 1.165) is 39.2 Å². The Labute approximate surface area is 124 Å². The van der Waals surface area contributed by atoms with Crippen LogP contribution < -0.4 is 0 Å². The summed E-state index contributed by atoms with van der Waals surface area (Å²) in [5.74, 6) is 0.514. The van der Waals surface area contributed by atoms with Crippen LogP contribution in [0.5, 0.6) is 0 Å². The van der Waals surface area contributed by atoms with Crippen LogP contribution in [0.25, 0.3) is 0 Å². The number of carbonyl (C=O) groups is 1. The standard InChI is InChI=1S/C15H22N4O2/c1-2-6-18-8-9-21-14-11-19(7-4-12(14)10-18)15(20)13-3-5-16-17-13/h2-3,5,12,14H,1,4,6-11H2,(H,16,17)/t12-,14-/m1/s1. The first-order chi connectivity index (χ1) is 10.3. The first-order valence-corrected chi connectivity index (χ1v) is 7.51. The van der Waals surface area contributed by atoms with Gasteiger partial charge in [-0.05, 0) is 12.5 Å². The summed E-state index contributed by atoms with van der Waals surface area (Å²) >= 11 is 0. The van der Waals surface area contributed by atoms with Crippen molar-refractivity contribution in [2.45, 2.75) is 12.5 Å². The molecule has 2 saturated heterocycles. The first-order valence-electron chi connectivity index (χ1n) is 7.51. The molecule has 0 bridgehead atoms. The van der Waals surface area contributed by atoms with Crippen molar-refractivity contribution in [1.29, 1.82) is 0 Å². The summed E-state index contributed by atoms with van der Waals surface area (Å²) < 4.78 is 5.99. The molecule has 2 aliphatic rings. The van der Waals surface area contributed by atoms with Crippen molar-refractivity contribution >= 4 is 5.91 Å². The van der Waals surface area contributed by atoms with Gasteiger partial charge in [-0.3, -0.25) is 14.8 Å². The zero-order chi connectivity index (χ0) is 14.7. The van der Waals surface area contributed by atoms with Gasteiger partial charge in [0.15, 0.2) is 0 Å². The van der Waals surface area contributed by atoms with Crippen LogP contribution in [0.1, 0.15) is 16.9 Å². The van der Waals surface area contributed by atoms with Gasteiger partial charge in [0.05, 0.1) is 12.7 Å². The zero-order valence-electron chi connectivity index (χ0n) is 12.2. The van der Waals surface area contributed by atoms with E-state index in [1.807, 2.05) is 11.0 Å². The van der Waals surface area contributed by atoms with Gasteiger partial charge in [-0.2, -0.15) is 5.10 Å². The van der Waals surface area contributed by atoms with Crippen LogP contribution in [-0.4, -0.2) is 71.3 Å². The molecule has 21 heavy (non-hydrogen) atoms. The number of likely N-dealkylation sites (tertiary alicyclic amines) is 1. The lowest BCUT2D eigenvalue weighted by Gasteiger charge is -2.37. The second kappa shape index (κ2) is 6.41. The number of hydrogen-bond acceptors (Lipinski definition) is 4. The highest BCUT2D eigenvalue weighted by molar-refractivity contribution is 5.92. The van der Waals surface area contributed by atoms with Crippen LogP contribution in [0.15, 0.2) is 24.9 Å². The molecule has 0 spiro atoms. The number of ether oxygens (including phenoxy) is 1. The Hall–Kier alpha value is -1.66. The Morgan fingerprint density at radius 1 is 1.52 bits per heavy atom. The van der Waals surface area contributed by atoms with E-state index >= 15 is 0 Å². The fourth-order valence-electron chi connectivity index (χ4n) is 3.20. The van der Waals surface area contributed by atoms with Gasteiger partial charge in [-0.15, -0.1) is 6.58 Å². The molecular formula is C15H22N4O2. The average molecular weight is 290 g/mol. The second-order valence-corrected chi connectivity index (χ2v) is 5.73. The van der Waals surface area contributed by atoms with E-state index in [9.17, 15) is 4.79 Å². The topological polar surface area (TPSA) is 61.5 Å². The lowest BCUT2D eigenvalue weighted by atomic mass is 9.93. The minimum atomic E-state index is 0.0155. The van der Waals surface area contributed by atoms with E-state index in [4.69, 9.17) is 4.74 Å². The van der Waals surface area contributed by atoms with Gasteiger partial charge in [-0.1, -0.05) is 6.08 Å². The summed E-state index contributed by atoms with van der Waals surface area (Å²) in [6.45, 7) is 8.86. The fourth-order valence-corrected chi connectivity index (χ4v) is 3.20. The number of amides is 1. The van der Waals surface area contributed by atoms with Crippen molar-refractivity contribution < 1.29 is 9.53 Å². The summed E-state index contributed by atoms with van der Waals surface area (Å²) in [5.41, 5.74) is 0.551. The number of H-pyrrole nitrogens is 1. The van der Waals surface area contributed by atoms with Crippen LogP contribution in [0.4, 0.5) is 0 Å². The summed E-state index contributed by atoms with van der Waals surface area (Å²) in [5, 5.41) is 6.59. The number of rotatable bonds is 3. The van der Waals surface area contributed by atoms with Crippen LogP contribution in [-0.2, 0) is 4.74 Å². The molecule has 2 fully saturated rings. The van der Waals surface area contributed by atoms with E-state index in [-0.39, 0.29) is 12.0 Å². The quantitative estimate of drug-likeness (QED) is 0.835. The molecule has 114 valence electrons. The van der Waals surface area contributed by atoms with Crippen LogP contribution in [0, 0.1) is 5.92 Å². The van der Waals surface area contributed by atoms with Crippen molar-refractivity contribution in [3.05, 3.63) is 30.6 Å². The van der Waals surface area contributed by atoms with E-state index in [1.54, 1.807) is 12.3 Å². The molecule has 2 aliphatic heterocycles. The van der Waals surface area contributed by atoms with Crippen LogP contribution in [0.2, 0.25) is 0 Å². The van der Waals surface area contributed by atoms with Crippen molar-refractivity contribution in [2.75, 3.05) is 39.3 Å². The predicted octanol–water partition coefficient (Wildman–Crippen LogP) is 0.759. The number of piperidine rings is 1. The minimum absolute atomic E-state index is 0.0155. The van der Waals surface area contributed by atoms with Crippen molar-refractivity contribution in [3.63, 3.8) is 0 Å². The number of carbonyl (C=O) groups excluding carboxylic acids is 1. The Bertz CT molecular complexity index is 488. The molecular weight excluding hydrogens is 268 g/mol. The van der Waals surface area contributed by atoms with Crippen molar-refractivity contribution in [1.82, 2.24) is 20.0 Å². The number of nitrogens with zero attached hydrogens (tertiary/aromatic N) is 3. The fraction of sp³-hybridized carbons (Fsp3) is 0.600. The number of aromatic nitrogens is 2. The third kappa shape index (κ3) is 3.16. The Morgan fingerprint density at radius 2 is 2.43 bits per heavy atom. The van der Waals surface area contributed by atoms with Gasteiger partial charge in [0.2, 0.25) is 0 Å². The van der Waals surface area contributed by atoms with E-state index < -0.39 is 0 Å². The molecule has 1 aromatic heterocycles. The van der Waals surface area contributed by atoms with Crippen molar-refractivity contribution in [2.24, 2.45) is 5.92 Å². The Kier molecular flexibility index (Phi) is 4.36. The van der Waals surface area contributed by atoms with Crippen LogP contribution >= 0.6 is 0 Å². The third-order valence-corrected chi connectivity index (χ3v) is 4.33. The third-order valence-electron chi connectivity index (χ3n) is 4.33. The number of fused-ring (bicyclic) bond motifs is 1. The smallest absolute Gasteiger partial charge is 0.271 e. The van der Waals surface area contributed by atoms with E-state index in [0.29, 0.717) is 18.2 Å². The zero-order valence-corrected chi connectivity index (χ0v) is 12.2. The van der Waals surface area contributed by atoms with Gasteiger partial charge < -0.3 is 9.64 Å². The number of hydrogen-bond donors (Lipinski definition) is 1. The Morgan fingerprint density at radius 3 is 3.19 bits per heavy atom. The Balaban J connectivity index is 1.63. The maximum Gasteiger partial charge on any atom is 0.271 e. The average Bonchev–Trinajstić information content (AvgIpc) is 2.95. The maximum atomic E-state index is 12.4. The molecule has 0 saturated carbocycles. The molecule has 6 heteroatoms. The molecule has 3 heterocycles. The van der Waals surface area contributed by atoms with Crippen molar-refractivity contribution in [3.8, 4) is 0 Å². The summed E-state index contributed by atoms with van der Waals surface area (Å²) in [4.78, 5) is 16.6. The van der Waals surface area contributed by atoms with Gasteiger partial charge >= 0.3 is 0 Å². The minimum Gasteiger partial charge on any atom is -0.375 e. The summed E-state index contributed by atoms with van der Waals surface area (Å²) in [6, 6.07) is 1.72. The molecule has 1 amide bonds. The van der Waals surface area contributed by atoms with Gasteiger partial charge in [0.25, 0.3) is 5.91 Å². The summed E-state index contributed by atoms with van der Waals surface area (Å²) in [7, 11) is 0. The van der Waals surface area contributed by atoms with Gasteiger partial charge in [-0.25, -0.2) is 0 Å². The maximum absolute atomic E-state index is 12.4. The summed E-state index contributed by atoms with van der Waals surface area (Å²) in [6.07, 6.45) is 4.67. The molecule has 0 aliphatic carbocycles. The van der Waals surface area contributed by atoms with Gasteiger partial charge in [0.1, 0.15) is 5.69 Å². The van der Waals surface area contributed by atoms with E-state index in [2.05, 4.69) is 21.7 Å². The second-order valence-electron chi connectivity index (χ2n) is 5.73. The highest BCUT2D eigenvalue weighted by Crippen LogP contribution is 2.24. The monoisotopic (exact) mass is 290 g/mol. The lowest BCUT2D eigenvalue weighted by Crippen LogP contribution is -2.49. The molecule has 0 radical (unpaired) electrons. The van der Waals surface area contributed by atoms with E-state index in [1.165, 1.54) is 0 Å². The molecule has 1 N–H and O–H groups in total. The lowest BCUT2D eigenvalue weighted by molar-refractivity contribution is -0.0172. The number of aromatic amines is 1. The molecule has 1 aromatic rings. The number of nitrogens with one attached hydrogen (secondary N) is 1. The normalized spacial score (nSPS) is 27.0. The van der Waals surface area contributed by atoms with Gasteiger partial charge in [0, 0.05) is 44.8 Å². The highest BCUT2D eigenvalue weighted by atomic mass is 16.5. The SMILES string of the molecule is C=CCN1CCO[C@@H]2CN(C(=O)c3ccn[nH]3)CC[C@@H]2C1. The molecule has 0 unspecified atom stereocenters. The first kappa shape index (κ1) is 14.3. The predicted molar refractivity (Wildman–Crippen MR) is 79.0 cm³/mol. The highest BCUT2D eigenvalue weighted by Gasteiger charge is 2.35.